The van der Waals surface area contributed by atoms with Gasteiger partial charge in [0.2, 0.25) is 0 Å². The predicted molar refractivity (Wildman–Crippen MR) is 125 cm³/mol. The van der Waals surface area contributed by atoms with E-state index in [2.05, 4.69) is 0 Å². The zero-order chi connectivity index (χ0) is 23.9. The summed E-state index contributed by atoms with van der Waals surface area (Å²) >= 11 is 0. The second-order valence-electron chi connectivity index (χ2n) is 7.78. The van der Waals surface area contributed by atoms with Crippen LogP contribution in [0.2, 0.25) is 0 Å². The molecule has 3 aromatic carbocycles. The summed E-state index contributed by atoms with van der Waals surface area (Å²) in [4.78, 5) is 21.8. The molecule has 0 aliphatic carbocycles. The third kappa shape index (κ3) is 4.08. The van der Waals surface area contributed by atoms with Crippen LogP contribution in [0.1, 0.15) is 22.3 Å². The molecule has 0 bridgehead atoms. The lowest BCUT2D eigenvalue weighted by Gasteiger charge is -2.19. The van der Waals surface area contributed by atoms with Gasteiger partial charge in [0.15, 0.2) is 0 Å². The molecule has 0 fully saturated rings. The molecular weight excluding hydrogens is 446 g/mol. The van der Waals surface area contributed by atoms with Crippen molar-refractivity contribution in [1.82, 2.24) is 0 Å². The molecule has 33 heavy (non-hydrogen) atoms. The predicted octanol–water partition coefficient (Wildman–Crippen LogP) is 4.87. The molecule has 1 aliphatic rings. The minimum atomic E-state index is -4.14. The highest BCUT2D eigenvalue weighted by Gasteiger charge is 2.40. The minimum absolute atomic E-state index is 0.00945. The summed E-state index contributed by atoms with van der Waals surface area (Å²) in [6, 6.07) is 15.5. The monoisotopic (exact) mass is 465 g/mol. The van der Waals surface area contributed by atoms with Crippen molar-refractivity contribution < 1.29 is 18.3 Å². The van der Waals surface area contributed by atoms with Crippen LogP contribution >= 0.6 is 0 Å². The number of aryl methyl sites for hydroxylation is 2. The van der Waals surface area contributed by atoms with Crippen molar-refractivity contribution in [2.75, 3.05) is 10.8 Å². The van der Waals surface area contributed by atoms with Crippen molar-refractivity contribution in [2.45, 2.75) is 18.7 Å². The van der Waals surface area contributed by atoms with E-state index in [1.807, 2.05) is 38.1 Å². The Labute approximate surface area is 190 Å². The number of anilines is 1. The van der Waals surface area contributed by atoms with E-state index in [1.54, 1.807) is 18.2 Å². The number of hydrogen-bond acceptors (Lipinski definition) is 6. The molecule has 0 radical (unpaired) electrons. The van der Waals surface area contributed by atoms with Gasteiger partial charge in [0.1, 0.15) is 0 Å². The van der Waals surface area contributed by atoms with Gasteiger partial charge in [-0.15, -0.1) is 0 Å². The van der Waals surface area contributed by atoms with Gasteiger partial charge < -0.3 is 0 Å². The summed E-state index contributed by atoms with van der Waals surface area (Å²) in [5.74, 6) is 0. The standard InChI is InChI=1S/C23H19N3O6S/c1-15-3-7-17(8-4-15)11-18-14-24(33(31,32)20-9-5-16(2)6-10-20)21-12-19(25(27)28)13-22(23(18)21)26(29)30/h3-13H,14H2,1-2H3. The molecule has 0 saturated carbocycles. The van der Waals surface area contributed by atoms with Crippen LogP contribution in [0.4, 0.5) is 17.1 Å². The second-order valence-corrected chi connectivity index (χ2v) is 9.64. The first-order valence-corrected chi connectivity index (χ1v) is 11.4. The van der Waals surface area contributed by atoms with Crippen LogP contribution in [0, 0.1) is 34.1 Å². The molecule has 0 N–H and O–H groups in total. The smallest absolute Gasteiger partial charge is 0.261 e. The lowest BCUT2D eigenvalue weighted by molar-refractivity contribution is -0.394. The summed E-state index contributed by atoms with van der Waals surface area (Å²) in [6.45, 7) is 3.54. The molecule has 9 nitrogen and oxygen atoms in total. The third-order valence-corrected chi connectivity index (χ3v) is 7.19. The number of nitro groups is 2. The van der Waals surface area contributed by atoms with Gasteiger partial charge in [0.05, 0.1) is 38.6 Å². The Kier molecular flexibility index (Phi) is 5.46. The van der Waals surface area contributed by atoms with Crippen LogP contribution in [-0.2, 0) is 10.0 Å². The van der Waals surface area contributed by atoms with E-state index in [0.717, 1.165) is 33.1 Å². The van der Waals surface area contributed by atoms with E-state index in [1.165, 1.54) is 12.1 Å². The molecule has 4 rings (SSSR count). The Morgan fingerprint density at radius 2 is 1.45 bits per heavy atom. The molecule has 0 atom stereocenters. The van der Waals surface area contributed by atoms with Gasteiger partial charge in [0.25, 0.3) is 21.4 Å². The average molecular weight is 465 g/mol. The summed E-state index contributed by atoms with van der Waals surface area (Å²) < 4.78 is 27.9. The Bertz CT molecular complexity index is 1410. The van der Waals surface area contributed by atoms with Crippen molar-refractivity contribution in [3.05, 3.63) is 103 Å². The first-order valence-electron chi connectivity index (χ1n) is 9.92. The van der Waals surface area contributed by atoms with E-state index in [-0.39, 0.29) is 22.7 Å². The van der Waals surface area contributed by atoms with Gasteiger partial charge in [-0.2, -0.15) is 0 Å². The summed E-state index contributed by atoms with van der Waals surface area (Å²) in [5, 5.41) is 23.3. The van der Waals surface area contributed by atoms with Gasteiger partial charge in [-0.1, -0.05) is 47.5 Å². The lowest BCUT2D eigenvalue weighted by Crippen LogP contribution is -2.29. The van der Waals surface area contributed by atoms with Crippen LogP contribution in [0.25, 0.3) is 11.6 Å². The molecule has 0 unspecified atom stereocenters. The van der Waals surface area contributed by atoms with Crippen LogP contribution < -0.4 is 4.31 Å². The Morgan fingerprint density at radius 3 is 2.00 bits per heavy atom. The fourth-order valence-corrected chi connectivity index (χ4v) is 5.17. The summed E-state index contributed by atoms with van der Waals surface area (Å²) in [7, 11) is -4.14. The normalized spacial score (nSPS) is 14.4. The lowest BCUT2D eigenvalue weighted by atomic mass is 10.0. The summed E-state index contributed by atoms with van der Waals surface area (Å²) in [6.07, 6.45) is 1.67. The topological polar surface area (TPSA) is 124 Å². The van der Waals surface area contributed by atoms with Gasteiger partial charge in [-0.25, -0.2) is 8.42 Å². The first kappa shape index (κ1) is 22.2. The third-order valence-electron chi connectivity index (χ3n) is 5.42. The van der Waals surface area contributed by atoms with Gasteiger partial charge >= 0.3 is 0 Å². The van der Waals surface area contributed by atoms with Crippen LogP contribution in [0.3, 0.4) is 0 Å². The molecule has 0 saturated heterocycles. The molecule has 0 amide bonds. The van der Waals surface area contributed by atoms with Crippen molar-refractivity contribution >= 4 is 38.7 Å². The minimum Gasteiger partial charge on any atom is -0.261 e. The molecule has 0 aromatic heterocycles. The van der Waals surface area contributed by atoms with Crippen molar-refractivity contribution in [1.29, 1.82) is 0 Å². The number of benzene rings is 3. The first-order chi connectivity index (χ1) is 15.6. The number of nitro benzene ring substituents is 2. The Morgan fingerprint density at radius 1 is 0.879 bits per heavy atom. The van der Waals surface area contributed by atoms with Crippen LogP contribution in [0.15, 0.2) is 65.6 Å². The van der Waals surface area contributed by atoms with Crippen molar-refractivity contribution in [2.24, 2.45) is 0 Å². The van der Waals surface area contributed by atoms with Crippen molar-refractivity contribution in [3.8, 4) is 0 Å². The summed E-state index contributed by atoms with van der Waals surface area (Å²) in [5.41, 5.74) is 1.89. The number of non-ortho nitro benzene ring substituents is 1. The quantitative estimate of drug-likeness (QED) is 0.391. The molecule has 168 valence electrons. The maximum absolute atomic E-state index is 13.5. The number of hydrogen-bond donors (Lipinski definition) is 0. The van der Waals surface area contributed by atoms with E-state index >= 15 is 0 Å². The number of rotatable bonds is 5. The van der Waals surface area contributed by atoms with E-state index < -0.39 is 31.2 Å². The molecule has 1 aliphatic heterocycles. The fraction of sp³-hybridized carbons (Fsp3) is 0.130. The molecule has 10 heteroatoms. The second kappa shape index (κ2) is 8.14. The van der Waals surface area contributed by atoms with Crippen molar-refractivity contribution in [3.63, 3.8) is 0 Å². The van der Waals surface area contributed by atoms with Crippen LogP contribution in [-0.4, -0.2) is 24.8 Å². The highest BCUT2D eigenvalue weighted by Crippen LogP contribution is 2.47. The zero-order valence-corrected chi connectivity index (χ0v) is 18.6. The molecular formula is C23H19N3O6S. The Balaban J connectivity index is 1.97. The van der Waals surface area contributed by atoms with Crippen LogP contribution in [0.5, 0.6) is 0 Å². The fourth-order valence-electron chi connectivity index (χ4n) is 3.73. The molecule has 0 spiro atoms. The highest BCUT2D eigenvalue weighted by atomic mass is 32.2. The molecule has 1 heterocycles. The number of sulfonamides is 1. The highest BCUT2D eigenvalue weighted by molar-refractivity contribution is 7.92. The van der Waals surface area contributed by atoms with Gasteiger partial charge in [-0.3, -0.25) is 24.5 Å². The number of nitrogens with zero attached hydrogens (tertiary/aromatic N) is 3. The maximum atomic E-state index is 13.5. The maximum Gasteiger partial charge on any atom is 0.285 e. The number of fused-ring (bicyclic) bond motifs is 1. The van der Waals surface area contributed by atoms with Gasteiger partial charge in [-0.05, 0) is 43.2 Å². The SMILES string of the molecule is Cc1ccc(C=C2CN(S(=O)(=O)c3ccc(C)cc3)c3cc([N+](=O)[O-])cc([N+](=O)[O-])c32)cc1. The van der Waals surface area contributed by atoms with Gasteiger partial charge in [0, 0.05) is 6.07 Å². The van der Waals surface area contributed by atoms with E-state index in [9.17, 15) is 28.6 Å². The Hall–Kier alpha value is -4.05. The zero-order valence-electron chi connectivity index (χ0n) is 17.8. The van der Waals surface area contributed by atoms with E-state index in [4.69, 9.17) is 0 Å². The van der Waals surface area contributed by atoms with E-state index in [0.29, 0.717) is 5.57 Å². The average Bonchev–Trinajstić information content (AvgIpc) is 3.14. The largest absolute Gasteiger partial charge is 0.285 e. The molecule has 3 aromatic rings.